The first kappa shape index (κ1) is 23.6. The number of hydrogen-bond donors (Lipinski definition) is 1. The highest BCUT2D eigenvalue weighted by Crippen LogP contribution is 2.42. The zero-order valence-electron chi connectivity index (χ0n) is 18.1. The van der Waals surface area contributed by atoms with E-state index in [9.17, 15) is 0 Å². The number of halogens is 1. The van der Waals surface area contributed by atoms with Gasteiger partial charge in [-0.05, 0) is 49.4 Å². The van der Waals surface area contributed by atoms with Crippen LogP contribution in [-0.4, -0.2) is 30.2 Å². The van der Waals surface area contributed by atoms with Gasteiger partial charge in [0.1, 0.15) is 0 Å². The summed E-state index contributed by atoms with van der Waals surface area (Å²) in [5, 5.41) is 9.12. The third-order valence-corrected chi connectivity index (χ3v) is 6.51. The minimum atomic E-state index is -0.361. The summed E-state index contributed by atoms with van der Waals surface area (Å²) in [6, 6.07) is 21.6. The van der Waals surface area contributed by atoms with E-state index in [-0.39, 0.29) is 17.8 Å². The third-order valence-electron chi connectivity index (χ3n) is 6.51. The number of nitrogens with one attached hydrogen (secondary N) is 1. The van der Waals surface area contributed by atoms with Crippen LogP contribution in [0.4, 0.5) is 0 Å². The van der Waals surface area contributed by atoms with E-state index in [1.807, 2.05) is 0 Å². The lowest BCUT2D eigenvalue weighted by Crippen LogP contribution is -2.47. The van der Waals surface area contributed by atoms with Crippen LogP contribution in [-0.2, 0) is 5.41 Å². The standard InChI is InChI=1S/C26H36N2.ClH/c1-3-25(27)26(23-15-9-7-10-16-23,24-17-11-8-12-18-24)22(2)21-28-19-13-5-4-6-14-20-28;/h7-12,15-18,22,27H,3-6,13-14,19-21H2,1-2H3;1H. The largest absolute Gasteiger partial charge is 0.308 e. The number of rotatable bonds is 7. The monoisotopic (exact) mass is 412 g/mol. The molecule has 3 heteroatoms. The van der Waals surface area contributed by atoms with Gasteiger partial charge in [-0.3, -0.25) is 0 Å². The summed E-state index contributed by atoms with van der Waals surface area (Å²) in [5.74, 6) is 0.337. The second kappa shape index (κ2) is 11.5. The topological polar surface area (TPSA) is 27.1 Å². The van der Waals surface area contributed by atoms with Crippen LogP contribution in [0.25, 0.3) is 0 Å². The van der Waals surface area contributed by atoms with E-state index in [1.165, 1.54) is 56.3 Å². The van der Waals surface area contributed by atoms with E-state index in [0.717, 1.165) is 18.7 Å². The molecule has 1 heterocycles. The van der Waals surface area contributed by atoms with Gasteiger partial charge in [-0.25, -0.2) is 0 Å². The molecule has 0 saturated carbocycles. The van der Waals surface area contributed by atoms with Crippen molar-refractivity contribution < 1.29 is 0 Å². The molecule has 1 N–H and O–H groups in total. The summed E-state index contributed by atoms with van der Waals surface area (Å²) in [5.41, 5.74) is 2.98. The van der Waals surface area contributed by atoms with Crippen molar-refractivity contribution in [1.29, 1.82) is 5.41 Å². The molecule has 2 aromatic rings. The zero-order valence-corrected chi connectivity index (χ0v) is 18.9. The van der Waals surface area contributed by atoms with Gasteiger partial charge in [0, 0.05) is 12.3 Å². The molecule has 1 atom stereocenters. The first-order valence-corrected chi connectivity index (χ1v) is 11.1. The Morgan fingerprint density at radius 1 is 0.862 bits per heavy atom. The van der Waals surface area contributed by atoms with Crippen LogP contribution in [0.1, 0.15) is 63.5 Å². The van der Waals surface area contributed by atoms with Crippen molar-refractivity contribution in [2.45, 2.75) is 57.8 Å². The summed E-state index contributed by atoms with van der Waals surface area (Å²) in [6.07, 6.45) is 7.50. The molecular weight excluding hydrogens is 376 g/mol. The maximum Gasteiger partial charge on any atom is 0.0615 e. The molecular formula is C26H37ClN2. The highest BCUT2D eigenvalue weighted by Gasteiger charge is 2.43. The summed E-state index contributed by atoms with van der Waals surface area (Å²) in [7, 11) is 0. The molecule has 1 unspecified atom stereocenters. The maximum atomic E-state index is 9.12. The van der Waals surface area contributed by atoms with Crippen molar-refractivity contribution >= 4 is 18.1 Å². The minimum absolute atomic E-state index is 0. The number of nitrogens with zero attached hydrogens (tertiary/aromatic N) is 1. The molecule has 1 aliphatic rings. The minimum Gasteiger partial charge on any atom is -0.308 e. The SMILES string of the molecule is CCC(=N)C(c1ccccc1)(c1ccccc1)C(C)CN1CCCCCCC1.Cl. The van der Waals surface area contributed by atoms with Crippen molar-refractivity contribution in [1.82, 2.24) is 4.90 Å². The van der Waals surface area contributed by atoms with Gasteiger partial charge in [-0.15, -0.1) is 12.4 Å². The Labute approximate surface area is 183 Å². The molecule has 1 fully saturated rings. The van der Waals surface area contributed by atoms with E-state index in [0.29, 0.717) is 5.92 Å². The van der Waals surface area contributed by atoms with Gasteiger partial charge in [0.2, 0.25) is 0 Å². The molecule has 29 heavy (non-hydrogen) atoms. The molecule has 2 aromatic carbocycles. The quantitative estimate of drug-likeness (QED) is 0.501. The van der Waals surface area contributed by atoms with Crippen molar-refractivity contribution in [3.05, 3.63) is 71.8 Å². The van der Waals surface area contributed by atoms with Crippen LogP contribution in [0.15, 0.2) is 60.7 Å². The molecule has 158 valence electrons. The maximum absolute atomic E-state index is 9.12. The van der Waals surface area contributed by atoms with Crippen LogP contribution in [0.3, 0.4) is 0 Å². The molecule has 2 nitrogen and oxygen atoms in total. The smallest absolute Gasteiger partial charge is 0.0615 e. The molecule has 0 amide bonds. The van der Waals surface area contributed by atoms with E-state index in [4.69, 9.17) is 5.41 Å². The van der Waals surface area contributed by atoms with E-state index in [1.54, 1.807) is 0 Å². The Morgan fingerprint density at radius 2 is 1.31 bits per heavy atom. The lowest BCUT2D eigenvalue weighted by atomic mass is 9.62. The third kappa shape index (κ3) is 5.29. The Hall–Kier alpha value is -1.64. The molecule has 0 aromatic heterocycles. The summed E-state index contributed by atoms with van der Waals surface area (Å²) >= 11 is 0. The van der Waals surface area contributed by atoms with Crippen LogP contribution in [0.5, 0.6) is 0 Å². The average molecular weight is 413 g/mol. The normalized spacial score (nSPS) is 16.9. The molecule has 3 rings (SSSR count). The van der Waals surface area contributed by atoms with Crippen molar-refractivity contribution in [3.63, 3.8) is 0 Å². The summed E-state index contributed by atoms with van der Waals surface area (Å²) < 4.78 is 0. The second-order valence-electron chi connectivity index (χ2n) is 8.34. The average Bonchev–Trinajstić information content (AvgIpc) is 2.72. The fraction of sp³-hybridized carbons (Fsp3) is 0.500. The fourth-order valence-electron chi connectivity index (χ4n) is 5.08. The van der Waals surface area contributed by atoms with Crippen molar-refractivity contribution in [3.8, 4) is 0 Å². The van der Waals surface area contributed by atoms with Crippen LogP contribution >= 0.6 is 12.4 Å². The van der Waals surface area contributed by atoms with Gasteiger partial charge in [-0.2, -0.15) is 0 Å². The summed E-state index contributed by atoms with van der Waals surface area (Å²) in [6.45, 7) is 7.94. The molecule has 1 aliphatic heterocycles. The second-order valence-corrected chi connectivity index (χ2v) is 8.34. The molecule has 0 spiro atoms. The lowest BCUT2D eigenvalue weighted by molar-refractivity contribution is 0.199. The van der Waals surface area contributed by atoms with E-state index in [2.05, 4.69) is 79.4 Å². The van der Waals surface area contributed by atoms with E-state index >= 15 is 0 Å². The number of likely N-dealkylation sites (tertiary alicyclic amines) is 1. The number of benzene rings is 2. The Morgan fingerprint density at radius 3 is 1.76 bits per heavy atom. The van der Waals surface area contributed by atoms with Gasteiger partial charge < -0.3 is 10.3 Å². The lowest BCUT2D eigenvalue weighted by Gasteiger charge is -2.43. The van der Waals surface area contributed by atoms with Gasteiger partial charge in [-0.1, -0.05) is 93.8 Å². The Kier molecular flexibility index (Phi) is 9.39. The number of hydrogen-bond acceptors (Lipinski definition) is 2. The van der Waals surface area contributed by atoms with Gasteiger partial charge in [0.25, 0.3) is 0 Å². The summed E-state index contributed by atoms with van der Waals surface area (Å²) in [4.78, 5) is 2.66. The predicted molar refractivity (Wildman–Crippen MR) is 128 cm³/mol. The molecule has 1 saturated heterocycles. The highest BCUT2D eigenvalue weighted by atomic mass is 35.5. The molecule has 0 radical (unpaired) electrons. The first-order chi connectivity index (χ1) is 13.7. The van der Waals surface area contributed by atoms with Crippen molar-refractivity contribution in [2.75, 3.05) is 19.6 Å². The van der Waals surface area contributed by atoms with Gasteiger partial charge >= 0.3 is 0 Å². The molecule has 0 aliphatic carbocycles. The van der Waals surface area contributed by atoms with Gasteiger partial charge in [0.05, 0.1) is 5.41 Å². The van der Waals surface area contributed by atoms with Gasteiger partial charge in [0.15, 0.2) is 0 Å². The van der Waals surface area contributed by atoms with E-state index < -0.39 is 0 Å². The van der Waals surface area contributed by atoms with Crippen LogP contribution in [0, 0.1) is 11.3 Å². The Bertz CT molecular complexity index is 681. The zero-order chi connectivity index (χ0) is 19.8. The Balaban J connectivity index is 0.00000300. The molecule has 0 bridgehead atoms. The van der Waals surface area contributed by atoms with Crippen LogP contribution in [0.2, 0.25) is 0 Å². The van der Waals surface area contributed by atoms with Crippen molar-refractivity contribution in [2.24, 2.45) is 5.92 Å². The fourth-order valence-corrected chi connectivity index (χ4v) is 5.08. The predicted octanol–water partition coefficient (Wildman–Crippen LogP) is 6.73. The van der Waals surface area contributed by atoms with Crippen LogP contribution < -0.4 is 0 Å². The highest BCUT2D eigenvalue weighted by molar-refractivity contribution is 5.96. The first-order valence-electron chi connectivity index (χ1n) is 11.1.